The maximum Gasteiger partial charge on any atom is 0.330 e. The molecule has 0 fully saturated rings. The van der Waals surface area contributed by atoms with E-state index in [2.05, 4.69) is 15.3 Å². The topological polar surface area (TPSA) is 95.5 Å². The van der Waals surface area contributed by atoms with Crippen LogP contribution in [0.2, 0.25) is 0 Å². The second-order valence-electron chi connectivity index (χ2n) is 7.60. The van der Waals surface area contributed by atoms with E-state index in [0.29, 0.717) is 24.2 Å². The lowest BCUT2D eigenvalue weighted by atomic mass is 10.2. The highest BCUT2D eigenvalue weighted by Crippen LogP contribution is 2.26. The number of esters is 1. The third-order valence-electron chi connectivity index (χ3n) is 5.20. The standard InChI is InChI=1S/C28H26N4O4/c1-4-36-25(33)18-7-19-5-12-22(13-6-19)29-28-31-26(20-8-14-23(34-2)15-9-20)30-27(32-28)21-10-16-24(35-3)17-11-21/h5-18H,4H2,1-3H3,(H,29,30,31,32)/b18-7+. The molecule has 8 heteroatoms. The maximum absolute atomic E-state index is 11.5. The first-order chi connectivity index (χ1) is 17.6. The molecule has 0 saturated carbocycles. The van der Waals surface area contributed by atoms with Crippen molar-refractivity contribution in [2.24, 2.45) is 0 Å². The van der Waals surface area contributed by atoms with Crippen molar-refractivity contribution in [1.82, 2.24) is 15.0 Å². The van der Waals surface area contributed by atoms with Crippen LogP contribution in [0.4, 0.5) is 11.6 Å². The summed E-state index contributed by atoms with van der Waals surface area (Å²) in [7, 11) is 3.25. The van der Waals surface area contributed by atoms with Gasteiger partial charge in [0.1, 0.15) is 11.5 Å². The number of hydrogen-bond donors (Lipinski definition) is 1. The summed E-state index contributed by atoms with van der Waals surface area (Å²) in [6.07, 6.45) is 3.11. The number of anilines is 2. The average Bonchev–Trinajstić information content (AvgIpc) is 2.93. The van der Waals surface area contributed by atoms with Gasteiger partial charge in [-0.25, -0.2) is 9.78 Å². The Bertz CT molecular complexity index is 1270. The Morgan fingerprint density at radius 2 is 1.31 bits per heavy atom. The van der Waals surface area contributed by atoms with E-state index < -0.39 is 0 Å². The molecule has 0 amide bonds. The fraction of sp³-hybridized carbons (Fsp3) is 0.143. The summed E-state index contributed by atoms with van der Waals surface area (Å²) in [5.41, 5.74) is 3.31. The second kappa shape index (κ2) is 11.6. The van der Waals surface area contributed by atoms with Crippen LogP contribution in [-0.4, -0.2) is 41.7 Å². The molecule has 8 nitrogen and oxygen atoms in total. The lowest BCUT2D eigenvalue weighted by Crippen LogP contribution is -2.03. The Morgan fingerprint density at radius 3 is 1.78 bits per heavy atom. The van der Waals surface area contributed by atoms with E-state index in [-0.39, 0.29) is 5.97 Å². The minimum Gasteiger partial charge on any atom is -0.497 e. The van der Waals surface area contributed by atoms with Crippen LogP contribution in [0.1, 0.15) is 12.5 Å². The van der Waals surface area contributed by atoms with Crippen molar-refractivity contribution in [3.8, 4) is 34.3 Å². The van der Waals surface area contributed by atoms with Gasteiger partial charge >= 0.3 is 5.97 Å². The Morgan fingerprint density at radius 1 is 0.778 bits per heavy atom. The van der Waals surface area contributed by atoms with Gasteiger partial charge in [-0.05, 0) is 79.2 Å². The summed E-state index contributed by atoms with van der Waals surface area (Å²) in [5, 5.41) is 3.25. The molecular formula is C28H26N4O4. The normalized spacial score (nSPS) is 10.8. The molecule has 0 atom stereocenters. The monoisotopic (exact) mass is 482 g/mol. The third-order valence-corrected chi connectivity index (χ3v) is 5.20. The second-order valence-corrected chi connectivity index (χ2v) is 7.60. The number of benzene rings is 3. The third kappa shape index (κ3) is 6.24. The number of nitrogens with zero attached hydrogens (tertiary/aromatic N) is 3. The summed E-state index contributed by atoms with van der Waals surface area (Å²) < 4.78 is 15.4. The number of methoxy groups -OCH3 is 2. The molecule has 4 rings (SSSR count). The van der Waals surface area contributed by atoms with Gasteiger partial charge < -0.3 is 19.5 Å². The van der Waals surface area contributed by atoms with Crippen LogP contribution in [0.15, 0.2) is 78.9 Å². The molecule has 0 aliphatic heterocycles. The van der Waals surface area contributed by atoms with Gasteiger partial charge in [-0.15, -0.1) is 0 Å². The molecule has 0 saturated heterocycles. The Hall–Kier alpha value is -4.72. The molecule has 0 aliphatic rings. The van der Waals surface area contributed by atoms with Gasteiger partial charge in [0.05, 0.1) is 20.8 Å². The van der Waals surface area contributed by atoms with Crippen molar-refractivity contribution >= 4 is 23.7 Å². The van der Waals surface area contributed by atoms with Crippen molar-refractivity contribution in [1.29, 1.82) is 0 Å². The van der Waals surface area contributed by atoms with Gasteiger partial charge in [-0.2, -0.15) is 9.97 Å². The zero-order chi connectivity index (χ0) is 25.3. The molecule has 182 valence electrons. The van der Waals surface area contributed by atoms with E-state index in [4.69, 9.17) is 19.2 Å². The molecule has 4 aromatic rings. The first kappa shape index (κ1) is 24.4. The van der Waals surface area contributed by atoms with Crippen molar-refractivity contribution < 1.29 is 19.0 Å². The zero-order valence-corrected chi connectivity index (χ0v) is 20.3. The van der Waals surface area contributed by atoms with E-state index in [1.54, 1.807) is 27.2 Å². The largest absolute Gasteiger partial charge is 0.497 e. The molecular weight excluding hydrogens is 456 g/mol. The molecule has 1 heterocycles. The lowest BCUT2D eigenvalue weighted by Gasteiger charge is -2.10. The maximum atomic E-state index is 11.5. The molecule has 1 N–H and O–H groups in total. The summed E-state index contributed by atoms with van der Waals surface area (Å²) in [6, 6.07) is 22.6. The Kier molecular flexibility index (Phi) is 7.87. The predicted octanol–water partition coefficient (Wildman–Crippen LogP) is 5.54. The van der Waals surface area contributed by atoms with E-state index >= 15 is 0 Å². The fourth-order valence-electron chi connectivity index (χ4n) is 3.33. The van der Waals surface area contributed by atoms with Gasteiger partial charge in [0.15, 0.2) is 11.6 Å². The van der Waals surface area contributed by atoms with E-state index in [1.807, 2.05) is 72.8 Å². The number of nitrogens with one attached hydrogen (secondary N) is 1. The van der Waals surface area contributed by atoms with Crippen LogP contribution in [0.25, 0.3) is 28.9 Å². The Labute approximate surface area is 209 Å². The van der Waals surface area contributed by atoms with Crippen LogP contribution >= 0.6 is 0 Å². The minimum atomic E-state index is -0.373. The van der Waals surface area contributed by atoms with E-state index in [1.165, 1.54) is 6.08 Å². The molecule has 0 radical (unpaired) electrons. The van der Waals surface area contributed by atoms with Gasteiger partial charge in [0, 0.05) is 22.9 Å². The molecule has 3 aromatic carbocycles. The number of carbonyl (C=O) groups is 1. The highest BCUT2D eigenvalue weighted by atomic mass is 16.5. The molecule has 1 aromatic heterocycles. The van der Waals surface area contributed by atoms with Crippen LogP contribution in [0.3, 0.4) is 0 Å². The quantitative estimate of drug-likeness (QED) is 0.245. The van der Waals surface area contributed by atoms with Crippen LogP contribution in [0.5, 0.6) is 11.5 Å². The summed E-state index contributed by atoms with van der Waals surface area (Å²) in [6.45, 7) is 2.11. The number of rotatable bonds is 9. The molecule has 0 aliphatic carbocycles. The smallest absolute Gasteiger partial charge is 0.330 e. The van der Waals surface area contributed by atoms with Gasteiger partial charge in [-0.1, -0.05) is 12.1 Å². The fourth-order valence-corrected chi connectivity index (χ4v) is 3.33. The number of aromatic nitrogens is 3. The first-order valence-corrected chi connectivity index (χ1v) is 11.3. The molecule has 0 spiro atoms. The van der Waals surface area contributed by atoms with E-state index in [9.17, 15) is 4.79 Å². The van der Waals surface area contributed by atoms with Crippen LogP contribution in [0, 0.1) is 0 Å². The van der Waals surface area contributed by atoms with Gasteiger partial charge in [-0.3, -0.25) is 0 Å². The summed E-state index contributed by atoms with van der Waals surface area (Å²) in [5.74, 6) is 2.57. The van der Waals surface area contributed by atoms with Crippen molar-refractivity contribution in [3.05, 3.63) is 84.4 Å². The van der Waals surface area contributed by atoms with Crippen molar-refractivity contribution in [2.75, 3.05) is 26.1 Å². The number of hydrogen-bond acceptors (Lipinski definition) is 8. The minimum absolute atomic E-state index is 0.342. The number of ether oxygens (including phenoxy) is 3. The highest BCUT2D eigenvalue weighted by molar-refractivity contribution is 5.87. The number of carbonyl (C=O) groups excluding carboxylic acids is 1. The summed E-state index contributed by atoms with van der Waals surface area (Å²) in [4.78, 5) is 25.5. The van der Waals surface area contributed by atoms with Crippen molar-refractivity contribution in [3.63, 3.8) is 0 Å². The Balaban J connectivity index is 1.64. The molecule has 0 unspecified atom stereocenters. The molecule has 0 bridgehead atoms. The van der Waals surface area contributed by atoms with Crippen LogP contribution < -0.4 is 14.8 Å². The zero-order valence-electron chi connectivity index (χ0n) is 20.3. The SMILES string of the molecule is CCOC(=O)/C=C/c1ccc(Nc2nc(-c3ccc(OC)cc3)nc(-c3ccc(OC)cc3)n2)cc1. The van der Waals surface area contributed by atoms with Crippen LogP contribution in [-0.2, 0) is 9.53 Å². The summed E-state index contributed by atoms with van der Waals surface area (Å²) >= 11 is 0. The lowest BCUT2D eigenvalue weighted by molar-refractivity contribution is -0.137. The average molecular weight is 483 g/mol. The van der Waals surface area contributed by atoms with E-state index in [0.717, 1.165) is 33.9 Å². The van der Waals surface area contributed by atoms with Gasteiger partial charge in [0.2, 0.25) is 5.95 Å². The highest BCUT2D eigenvalue weighted by Gasteiger charge is 2.12. The first-order valence-electron chi connectivity index (χ1n) is 11.3. The molecule has 36 heavy (non-hydrogen) atoms. The predicted molar refractivity (Wildman–Crippen MR) is 139 cm³/mol. The van der Waals surface area contributed by atoms with Crippen molar-refractivity contribution in [2.45, 2.75) is 6.92 Å². The van der Waals surface area contributed by atoms with Gasteiger partial charge in [0.25, 0.3) is 0 Å².